The first-order chi connectivity index (χ1) is 11.5. The molecule has 0 amide bonds. The Morgan fingerprint density at radius 3 is 2.00 bits per heavy atom. The van der Waals surface area contributed by atoms with Gasteiger partial charge in [-0.05, 0) is 55.8 Å². The van der Waals surface area contributed by atoms with Crippen molar-refractivity contribution in [3.63, 3.8) is 0 Å². The molecule has 25 heavy (non-hydrogen) atoms. The molecule has 140 valence electrons. The summed E-state index contributed by atoms with van der Waals surface area (Å²) in [5, 5.41) is 21.1. The molecule has 1 heterocycles. The molecule has 2 N–H and O–H groups in total. The Hall–Kier alpha value is -1.65. The van der Waals surface area contributed by atoms with Crippen molar-refractivity contribution in [3.8, 4) is 11.8 Å². The van der Waals surface area contributed by atoms with Gasteiger partial charge in [-0.2, -0.15) is 0 Å². The third-order valence-corrected chi connectivity index (χ3v) is 6.22. The number of aromatic hydroxyl groups is 2. The molecule has 3 rings (SSSR count). The van der Waals surface area contributed by atoms with Gasteiger partial charge in [0.2, 0.25) is 11.8 Å². The van der Waals surface area contributed by atoms with E-state index in [0.29, 0.717) is 6.42 Å². The Balaban J connectivity index is 1.91. The van der Waals surface area contributed by atoms with Crippen LogP contribution in [-0.2, 0) is 4.79 Å². The van der Waals surface area contributed by atoms with Gasteiger partial charge in [0.25, 0.3) is 0 Å². The number of hydrogen-bond donors (Lipinski definition) is 2. The fourth-order valence-electron chi connectivity index (χ4n) is 4.76. The molecule has 1 fully saturated rings. The molecule has 5 nitrogen and oxygen atoms in total. The van der Waals surface area contributed by atoms with Crippen LogP contribution in [0, 0.1) is 16.7 Å². The second-order valence-corrected chi connectivity index (χ2v) is 9.66. The summed E-state index contributed by atoms with van der Waals surface area (Å²) < 4.78 is 0.959. The third-order valence-electron chi connectivity index (χ3n) is 6.22. The van der Waals surface area contributed by atoms with Crippen molar-refractivity contribution in [1.29, 1.82) is 0 Å². The molecule has 1 aromatic rings. The lowest BCUT2D eigenvalue weighted by Crippen LogP contribution is -2.42. The number of carbonyl (C=O) groups excluding carboxylic acids is 1. The van der Waals surface area contributed by atoms with Gasteiger partial charge in [-0.3, -0.25) is 0 Å². The van der Waals surface area contributed by atoms with Gasteiger partial charge in [0.1, 0.15) is 0 Å². The lowest BCUT2D eigenvalue weighted by Gasteiger charge is -2.36. The second kappa shape index (κ2) is 5.68. The van der Waals surface area contributed by atoms with Crippen LogP contribution < -0.4 is 4.84 Å². The van der Waals surface area contributed by atoms with Gasteiger partial charge in [0.05, 0.1) is 5.41 Å². The van der Waals surface area contributed by atoms with Gasteiger partial charge in [-0.1, -0.05) is 34.6 Å². The second-order valence-electron chi connectivity index (χ2n) is 9.66. The number of aromatic nitrogens is 1. The highest BCUT2D eigenvalue weighted by Crippen LogP contribution is 2.59. The van der Waals surface area contributed by atoms with Gasteiger partial charge in [0.15, 0.2) is 0 Å². The van der Waals surface area contributed by atoms with Gasteiger partial charge < -0.3 is 15.1 Å². The van der Waals surface area contributed by atoms with E-state index in [4.69, 9.17) is 4.84 Å². The maximum absolute atomic E-state index is 13.0. The summed E-state index contributed by atoms with van der Waals surface area (Å²) in [7, 11) is 0. The van der Waals surface area contributed by atoms with Crippen LogP contribution in [0.5, 0.6) is 11.8 Å². The van der Waals surface area contributed by atoms with E-state index >= 15 is 0 Å². The summed E-state index contributed by atoms with van der Waals surface area (Å²) in [5.74, 6) is 0.00444. The molecule has 0 aromatic carbocycles. The number of carbonyl (C=O) groups is 1. The summed E-state index contributed by atoms with van der Waals surface area (Å²) >= 11 is 0. The topological polar surface area (TPSA) is 71.7 Å². The van der Waals surface area contributed by atoms with Crippen molar-refractivity contribution in [2.75, 3.05) is 0 Å². The SMILES string of the molecule is CC(C)C(C)(CC(C)(C)C)C(=O)On1c(O)c2c(c1O)C1CCC2C1. The zero-order valence-electron chi connectivity index (χ0n) is 16.2. The summed E-state index contributed by atoms with van der Waals surface area (Å²) in [6.45, 7) is 12.2. The molecule has 0 radical (unpaired) electrons. The Labute approximate surface area is 149 Å². The molecule has 2 bridgehead atoms. The summed E-state index contributed by atoms with van der Waals surface area (Å²) in [6, 6.07) is 0. The average Bonchev–Trinajstić information content (AvgIpc) is 3.14. The van der Waals surface area contributed by atoms with Crippen LogP contribution in [0.3, 0.4) is 0 Å². The van der Waals surface area contributed by atoms with E-state index in [9.17, 15) is 15.0 Å². The molecule has 3 unspecified atom stereocenters. The molecule has 0 spiro atoms. The molecule has 1 saturated carbocycles. The predicted molar refractivity (Wildman–Crippen MR) is 95.7 cm³/mol. The van der Waals surface area contributed by atoms with Crippen LogP contribution in [-0.4, -0.2) is 20.9 Å². The molecule has 0 aliphatic heterocycles. The quantitative estimate of drug-likeness (QED) is 0.849. The molecular weight excluding hydrogens is 318 g/mol. The van der Waals surface area contributed by atoms with Crippen LogP contribution >= 0.6 is 0 Å². The predicted octanol–water partition coefficient (Wildman–Crippen LogP) is 4.32. The number of nitrogens with zero attached hydrogens (tertiary/aromatic N) is 1. The van der Waals surface area contributed by atoms with Gasteiger partial charge >= 0.3 is 5.97 Å². The van der Waals surface area contributed by atoms with E-state index in [1.165, 1.54) is 0 Å². The number of rotatable bonds is 4. The van der Waals surface area contributed by atoms with Gasteiger partial charge in [-0.15, -0.1) is 4.73 Å². The third kappa shape index (κ3) is 2.81. The maximum Gasteiger partial charge on any atom is 0.339 e. The van der Waals surface area contributed by atoms with E-state index in [2.05, 4.69) is 20.8 Å². The van der Waals surface area contributed by atoms with Crippen molar-refractivity contribution >= 4 is 5.97 Å². The Kier molecular flexibility index (Phi) is 4.12. The van der Waals surface area contributed by atoms with E-state index < -0.39 is 11.4 Å². The minimum absolute atomic E-state index is 0.0420. The normalized spacial score (nSPS) is 24.4. The molecular formula is C20H31NO4. The Bertz CT molecular complexity index is 664. The lowest BCUT2D eigenvalue weighted by molar-refractivity contribution is -0.161. The van der Waals surface area contributed by atoms with E-state index in [1.54, 1.807) is 0 Å². The summed E-state index contributed by atoms with van der Waals surface area (Å²) in [6.07, 6.45) is 3.69. The lowest BCUT2D eigenvalue weighted by atomic mass is 9.69. The van der Waals surface area contributed by atoms with Gasteiger partial charge in [0, 0.05) is 11.1 Å². The van der Waals surface area contributed by atoms with Crippen LogP contribution in [0.1, 0.15) is 90.2 Å². The van der Waals surface area contributed by atoms with Crippen LogP contribution in [0.25, 0.3) is 0 Å². The smallest absolute Gasteiger partial charge is 0.339 e. The van der Waals surface area contributed by atoms with E-state index in [1.807, 2.05) is 20.8 Å². The van der Waals surface area contributed by atoms with E-state index in [0.717, 1.165) is 35.1 Å². The average molecular weight is 349 g/mol. The number of fused-ring (bicyclic) bond motifs is 5. The molecule has 1 aromatic heterocycles. The van der Waals surface area contributed by atoms with Crippen LogP contribution in [0.2, 0.25) is 0 Å². The fraction of sp³-hybridized carbons (Fsp3) is 0.750. The molecule has 2 aliphatic carbocycles. The van der Waals surface area contributed by atoms with Crippen molar-refractivity contribution < 1.29 is 19.8 Å². The largest absolute Gasteiger partial charge is 0.492 e. The minimum atomic E-state index is -0.704. The first-order valence-corrected chi connectivity index (χ1v) is 9.35. The standard InChI is InChI=1S/C20H31NO4/c1-11(2)20(6,10-19(3,4)5)18(24)25-21-16(22)14-12-7-8-13(9-12)15(14)17(21)23/h11-13,22-23H,7-10H2,1-6H3. The first kappa shape index (κ1) is 18.2. The van der Waals surface area contributed by atoms with Crippen molar-refractivity contribution in [2.24, 2.45) is 16.7 Å². The van der Waals surface area contributed by atoms with Crippen molar-refractivity contribution in [3.05, 3.63) is 11.1 Å². The van der Waals surface area contributed by atoms with E-state index in [-0.39, 0.29) is 34.9 Å². The molecule has 3 atom stereocenters. The van der Waals surface area contributed by atoms with Crippen LogP contribution in [0.4, 0.5) is 0 Å². The zero-order chi connectivity index (χ0) is 18.7. The van der Waals surface area contributed by atoms with Gasteiger partial charge in [-0.25, -0.2) is 4.79 Å². The maximum atomic E-state index is 13.0. The Morgan fingerprint density at radius 1 is 1.12 bits per heavy atom. The van der Waals surface area contributed by atoms with Crippen molar-refractivity contribution in [1.82, 2.24) is 4.73 Å². The minimum Gasteiger partial charge on any atom is -0.492 e. The molecule has 0 saturated heterocycles. The highest BCUT2D eigenvalue weighted by molar-refractivity contribution is 5.77. The summed E-state index contributed by atoms with van der Waals surface area (Å²) in [4.78, 5) is 18.5. The molecule has 5 heteroatoms. The highest BCUT2D eigenvalue weighted by Gasteiger charge is 2.47. The Morgan fingerprint density at radius 2 is 1.60 bits per heavy atom. The zero-order valence-corrected chi connectivity index (χ0v) is 16.2. The molecule has 2 aliphatic rings. The number of hydrogen-bond acceptors (Lipinski definition) is 4. The fourth-order valence-corrected chi connectivity index (χ4v) is 4.76. The summed E-state index contributed by atoms with van der Waals surface area (Å²) in [5.41, 5.74) is 0.817. The van der Waals surface area contributed by atoms with Crippen LogP contribution in [0.15, 0.2) is 0 Å². The van der Waals surface area contributed by atoms with Crippen molar-refractivity contribution in [2.45, 2.75) is 79.1 Å². The first-order valence-electron chi connectivity index (χ1n) is 9.35. The highest BCUT2D eigenvalue weighted by atomic mass is 16.7. The monoisotopic (exact) mass is 349 g/mol.